The highest BCUT2D eigenvalue weighted by molar-refractivity contribution is 7.98. The minimum Gasteiger partial charge on any atom is -0.307 e. The van der Waals surface area contributed by atoms with Gasteiger partial charge >= 0.3 is 0 Å². The van der Waals surface area contributed by atoms with Gasteiger partial charge in [-0.25, -0.2) is 4.98 Å². The van der Waals surface area contributed by atoms with Crippen LogP contribution >= 0.6 is 11.8 Å². The maximum absolute atomic E-state index is 4.67. The third-order valence-electron chi connectivity index (χ3n) is 5.37. The van der Waals surface area contributed by atoms with E-state index >= 15 is 0 Å². The fraction of sp³-hybridized carbons (Fsp3) is 0.476. The van der Waals surface area contributed by atoms with Crippen LogP contribution < -0.4 is 0 Å². The Bertz CT molecular complexity index is 858. The van der Waals surface area contributed by atoms with Crippen molar-refractivity contribution in [1.29, 1.82) is 0 Å². The summed E-state index contributed by atoms with van der Waals surface area (Å²) in [5.41, 5.74) is 2.04. The molecule has 0 N–H and O–H groups in total. The van der Waals surface area contributed by atoms with Gasteiger partial charge in [-0.15, -0.1) is 16.8 Å². The molecule has 0 bridgehead atoms. The lowest BCUT2D eigenvalue weighted by molar-refractivity contribution is 0.336. The number of thioether (sulfide) groups is 1. The van der Waals surface area contributed by atoms with Crippen LogP contribution in [0.3, 0.4) is 0 Å². The first-order valence-corrected chi connectivity index (χ1v) is 10.9. The molecule has 0 saturated heterocycles. The maximum atomic E-state index is 4.67. The number of nitrogens with zero attached hydrogens (tertiary/aromatic N) is 5. The van der Waals surface area contributed by atoms with Gasteiger partial charge in [-0.2, -0.15) is 0 Å². The lowest BCUT2D eigenvalue weighted by atomic mass is 9.86. The van der Waals surface area contributed by atoms with Crippen molar-refractivity contribution >= 4 is 17.4 Å². The molecule has 3 aromatic heterocycles. The smallest absolute Gasteiger partial charge is 0.191 e. The van der Waals surface area contributed by atoms with Gasteiger partial charge in [-0.1, -0.05) is 56.0 Å². The van der Waals surface area contributed by atoms with E-state index in [0.29, 0.717) is 0 Å². The molecule has 27 heavy (non-hydrogen) atoms. The predicted molar refractivity (Wildman–Crippen MR) is 110 cm³/mol. The second-order valence-corrected chi connectivity index (χ2v) is 8.27. The zero-order valence-electron chi connectivity index (χ0n) is 15.8. The van der Waals surface area contributed by atoms with E-state index in [1.165, 1.54) is 38.5 Å². The molecule has 1 aliphatic rings. The average molecular weight is 382 g/mol. The number of hydrogen-bond donors (Lipinski definition) is 0. The Labute approximate surface area is 164 Å². The standard InChI is InChI=1S/C21H27N5S/c1-2-13-26-20(12-11-17-8-4-3-5-9-17)23-24-21(26)27-16-18-15-25-14-7-6-10-19(25)22-18/h2,6-7,10,14-15,17H,1,3-5,8-9,11-13,16H2. The van der Waals surface area contributed by atoms with Crippen LogP contribution in [-0.4, -0.2) is 24.1 Å². The van der Waals surface area contributed by atoms with Crippen LogP contribution in [0.2, 0.25) is 0 Å². The second kappa shape index (κ2) is 8.74. The number of hydrogen-bond acceptors (Lipinski definition) is 4. The Morgan fingerprint density at radius 2 is 2.07 bits per heavy atom. The fourth-order valence-electron chi connectivity index (χ4n) is 3.93. The molecule has 0 aliphatic heterocycles. The molecule has 0 aromatic carbocycles. The summed E-state index contributed by atoms with van der Waals surface area (Å²) >= 11 is 1.70. The van der Waals surface area contributed by atoms with E-state index in [1.807, 2.05) is 30.5 Å². The topological polar surface area (TPSA) is 48.0 Å². The first-order valence-electron chi connectivity index (χ1n) is 9.92. The summed E-state index contributed by atoms with van der Waals surface area (Å²) in [6.45, 7) is 4.68. The molecular formula is C21H27N5S. The molecule has 5 nitrogen and oxygen atoms in total. The van der Waals surface area contributed by atoms with E-state index in [9.17, 15) is 0 Å². The van der Waals surface area contributed by atoms with E-state index < -0.39 is 0 Å². The van der Waals surface area contributed by atoms with E-state index in [1.54, 1.807) is 11.8 Å². The molecule has 0 amide bonds. The van der Waals surface area contributed by atoms with Gasteiger partial charge in [-0.05, 0) is 24.5 Å². The summed E-state index contributed by atoms with van der Waals surface area (Å²) in [5, 5.41) is 9.92. The molecule has 1 saturated carbocycles. The Morgan fingerprint density at radius 1 is 1.19 bits per heavy atom. The summed E-state index contributed by atoms with van der Waals surface area (Å²) in [7, 11) is 0. The highest BCUT2D eigenvalue weighted by atomic mass is 32.2. The van der Waals surface area contributed by atoms with Gasteiger partial charge in [0.2, 0.25) is 0 Å². The number of aryl methyl sites for hydroxylation is 1. The lowest BCUT2D eigenvalue weighted by Gasteiger charge is -2.21. The molecule has 0 atom stereocenters. The predicted octanol–water partition coefficient (Wildman–Crippen LogP) is 4.92. The Morgan fingerprint density at radius 3 is 2.89 bits per heavy atom. The molecule has 6 heteroatoms. The van der Waals surface area contributed by atoms with E-state index in [-0.39, 0.29) is 0 Å². The SMILES string of the molecule is C=CCn1c(CCC2CCCCC2)nnc1SCc1cn2ccccc2n1. The van der Waals surface area contributed by atoms with Crippen LogP contribution in [-0.2, 0) is 18.7 Å². The number of pyridine rings is 1. The monoisotopic (exact) mass is 381 g/mol. The molecule has 1 aliphatic carbocycles. The van der Waals surface area contributed by atoms with Gasteiger partial charge in [0.25, 0.3) is 0 Å². The van der Waals surface area contributed by atoms with E-state index in [0.717, 1.165) is 47.0 Å². The molecule has 3 heterocycles. The van der Waals surface area contributed by atoms with Crippen molar-refractivity contribution in [3.63, 3.8) is 0 Å². The molecule has 0 spiro atoms. The molecular weight excluding hydrogens is 354 g/mol. The van der Waals surface area contributed by atoms with Crippen LogP contribution in [0.15, 0.2) is 48.4 Å². The zero-order valence-corrected chi connectivity index (χ0v) is 16.6. The fourth-order valence-corrected chi connectivity index (χ4v) is 4.78. The Balaban J connectivity index is 1.42. The Kier molecular flexibility index (Phi) is 5.92. The quantitative estimate of drug-likeness (QED) is 0.411. The molecule has 1 fully saturated rings. The van der Waals surface area contributed by atoms with E-state index in [4.69, 9.17) is 0 Å². The first kappa shape index (κ1) is 18.3. The minimum atomic E-state index is 0.764. The zero-order chi connectivity index (χ0) is 18.5. The molecule has 0 unspecified atom stereocenters. The van der Waals surface area contributed by atoms with Crippen molar-refractivity contribution in [1.82, 2.24) is 24.1 Å². The van der Waals surface area contributed by atoms with Gasteiger partial charge in [0.15, 0.2) is 5.16 Å². The van der Waals surface area contributed by atoms with Gasteiger partial charge < -0.3 is 8.97 Å². The highest BCUT2D eigenvalue weighted by Crippen LogP contribution is 2.28. The lowest BCUT2D eigenvalue weighted by Crippen LogP contribution is -2.10. The molecule has 3 aromatic rings. The van der Waals surface area contributed by atoms with Crippen LogP contribution in [0, 0.1) is 5.92 Å². The summed E-state index contributed by atoms with van der Waals surface area (Å²) in [6.07, 6.45) is 15.2. The van der Waals surface area contributed by atoms with Crippen molar-refractivity contribution in [2.24, 2.45) is 5.92 Å². The van der Waals surface area contributed by atoms with Gasteiger partial charge in [0.05, 0.1) is 5.69 Å². The number of imidazole rings is 1. The van der Waals surface area contributed by atoms with Crippen molar-refractivity contribution in [3.05, 3.63) is 54.8 Å². The van der Waals surface area contributed by atoms with Crippen LogP contribution in [0.1, 0.15) is 50.0 Å². The van der Waals surface area contributed by atoms with Crippen LogP contribution in [0.4, 0.5) is 0 Å². The third kappa shape index (κ3) is 4.43. The van der Waals surface area contributed by atoms with Crippen molar-refractivity contribution in [2.45, 2.75) is 62.4 Å². The number of rotatable bonds is 8. The summed E-state index contributed by atoms with van der Waals surface area (Å²) < 4.78 is 4.27. The Hall–Kier alpha value is -2.08. The number of aromatic nitrogens is 5. The number of fused-ring (bicyclic) bond motifs is 1. The number of allylic oxidation sites excluding steroid dienone is 1. The summed E-state index contributed by atoms with van der Waals surface area (Å²) in [6, 6.07) is 6.06. The summed E-state index contributed by atoms with van der Waals surface area (Å²) in [5.74, 6) is 2.75. The molecule has 0 radical (unpaired) electrons. The van der Waals surface area contributed by atoms with Crippen molar-refractivity contribution in [2.75, 3.05) is 0 Å². The van der Waals surface area contributed by atoms with Gasteiger partial charge in [-0.3, -0.25) is 0 Å². The van der Waals surface area contributed by atoms with Crippen molar-refractivity contribution in [3.8, 4) is 0 Å². The van der Waals surface area contributed by atoms with Crippen molar-refractivity contribution < 1.29 is 0 Å². The second-order valence-electron chi connectivity index (χ2n) is 7.33. The summed E-state index contributed by atoms with van der Waals surface area (Å²) in [4.78, 5) is 4.67. The molecule has 4 rings (SSSR count). The van der Waals surface area contributed by atoms with E-state index in [2.05, 4.69) is 36.9 Å². The highest BCUT2D eigenvalue weighted by Gasteiger charge is 2.17. The average Bonchev–Trinajstić information content (AvgIpc) is 3.29. The normalized spacial score (nSPS) is 15.4. The van der Waals surface area contributed by atoms with Gasteiger partial charge in [0.1, 0.15) is 11.5 Å². The maximum Gasteiger partial charge on any atom is 0.191 e. The minimum absolute atomic E-state index is 0.764. The third-order valence-corrected chi connectivity index (χ3v) is 6.37. The van der Waals surface area contributed by atoms with Gasteiger partial charge in [0, 0.05) is 31.1 Å². The van der Waals surface area contributed by atoms with Crippen LogP contribution in [0.25, 0.3) is 5.65 Å². The first-order chi connectivity index (χ1) is 13.3. The largest absolute Gasteiger partial charge is 0.307 e. The molecule has 142 valence electrons. The van der Waals surface area contributed by atoms with Crippen LogP contribution in [0.5, 0.6) is 0 Å².